The summed E-state index contributed by atoms with van der Waals surface area (Å²) in [5, 5.41) is 7.03. The maximum absolute atomic E-state index is 12.1. The van der Waals surface area contributed by atoms with E-state index in [9.17, 15) is 4.79 Å². The van der Waals surface area contributed by atoms with Crippen LogP contribution in [-0.2, 0) is 11.2 Å². The molecule has 8 heteroatoms. The quantitative estimate of drug-likeness (QED) is 0.700. The van der Waals surface area contributed by atoms with E-state index >= 15 is 0 Å². The van der Waals surface area contributed by atoms with E-state index < -0.39 is 0 Å². The van der Waals surface area contributed by atoms with E-state index in [0.29, 0.717) is 47.7 Å². The fourth-order valence-corrected chi connectivity index (χ4v) is 2.49. The van der Waals surface area contributed by atoms with Gasteiger partial charge < -0.3 is 15.4 Å². The van der Waals surface area contributed by atoms with Crippen molar-refractivity contribution in [1.29, 1.82) is 0 Å². The lowest BCUT2D eigenvalue weighted by Gasteiger charge is -2.08. The van der Waals surface area contributed by atoms with E-state index in [1.165, 1.54) is 6.33 Å². The smallest absolute Gasteiger partial charge is 0.270 e. The van der Waals surface area contributed by atoms with Crippen molar-refractivity contribution in [2.75, 3.05) is 32.1 Å². The minimum atomic E-state index is -0.266. The van der Waals surface area contributed by atoms with Gasteiger partial charge in [0.15, 0.2) is 0 Å². The molecule has 2 rings (SSSR count). The van der Waals surface area contributed by atoms with E-state index in [0.717, 1.165) is 5.56 Å². The Morgan fingerprint density at radius 3 is 2.79 bits per heavy atom. The predicted octanol–water partition coefficient (Wildman–Crippen LogP) is 2.81. The van der Waals surface area contributed by atoms with Crippen LogP contribution in [0.3, 0.4) is 0 Å². The van der Waals surface area contributed by atoms with Gasteiger partial charge in [0.1, 0.15) is 17.8 Å². The largest absolute Gasteiger partial charge is 0.383 e. The summed E-state index contributed by atoms with van der Waals surface area (Å²) in [6.45, 7) is 1.59. The molecular weight excluding hydrogens is 351 g/mol. The lowest BCUT2D eigenvalue weighted by atomic mass is 10.1. The minimum absolute atomic E-state index is 0.266. The van der Waals surface area contributed by atoms with Crippen molar-refractivity contribution in [3.8, 4) is 0 Å². The maximum Gasteiger partial charge on any atom is 0.270 e. The van der Waals surface area contributed by atoms with Crippen LogP contribution in [0.25, 0.3) is 0 Å². The molecule has 24 heavy (non-hydrogen) atoms. The number of methoxy groups -OCH3 is 1. The van der Waals surface area contributed by atoms with Crippen LogP contribution in [0, 0.1) is 0 Å². The first-order valence-electron chi connectivity index (χ1n) is 7.37. The van der Waals surface area contributed by atoms with Crippen molar-refractivity contribution in [2.24, 2.45) is 0 Å². The number of carbonyl (C=O) groups is 1. The monoisotopic (exact) mass is 368 g/mol. The number of nitrogens with zero attached hydrogens (tertiary/aromatic N) is 2. The Morgan fingerprint density at radius 1 is 1.21 bits per heavy atom. The van der Waals surface area contributed by atoms with Crippen molar-refractivity contribution in [2.45, 2.75) is 6.42 Å². The molecule has 0 radical (unpaired) electrons. The van der Waals surface area contributed by atoms with Crippen molar-refractivity contribution < 1.29 is 9.53 Å². The van der Waals surface area contributed by atoms with Crippen LogP contribution in [0.1, 0.15) is 16.1 Å². The number of hydrogen-bond donors (Lipinski definition) is 2. The number of carbonyl (C=O) groups excluding carboxylic acids is 1. The molecule has 1 aromatic heterocycles. The molecule has 0 atom stereocenters. The second-order valence-corrected chi connectivity index (χ2v) is 5.79. The van der Waals surface area contributed by atoms with Gasteiger partial charge in [-0.2, -0.15) is 0 Å². The summed E-state index contributed by atoms with van der Waals surface area (Å²) < 4.78 is 4.95. The summed E-state index contributed by atoms with van der Waals surface area (Å²) in [5.41, 5.74) is 1.22. The van der Waals surface area contributed by atoms with E-state index in [2.05, 4.69) is 20.6 Å². The van der Waals surface area contributed by atoms with Crippen LogP contribution in [-0.4, -0.2) is 42.7 Å². The average molecular weight is 369 g/mol. The first-order chi connectivity index (χ1) is 11.6. The third-order valence-electron chi connectivity index (χ3n) is 3.21. The Labute approximate surface area is 150 Å². The molecule has 0 aliphatic heterocycles. The molecule has 1 amide bonds. The zero-order chi connectivity index (χ0) is 17.4. The van der Waals surface area contributed by atoms with Gasteiger partial charge in [-0.25, -0.2) is 9.97 Å². The molecule has 0 bridgehead atoms. The molecule has 0 spiro atoms. The van der Waals surface area contributed by atoms with Crippen LogP contribution >= 0.6 is 23.2 Å². The second kappa shape index (κ2) is 9.42. The van der Waals surface area contributed by atoms with Crippen molar-refractivity contribution in [3.63, 3.8) is 0 Å². The molecule has 2 aromatic rings. The zero-order valence-electron chi connectivity index (χ0n) is 13.2. The summed E-state index contributed by atoms with van der Waals surface area (Å²) in [7, 11) is 1.62. The predicted molar refractivity (Wildman–Crippen MR) is 94.9 cm³/mol. The molecule has 0 saturated carbocycles. The van der Waals surface area contributed by atoms with Crippen LogP contribution < -0.4 is 10.6 Å². The molecule has 6 nitrogen and oxygen atoms in total. The molecule has 0 aliphatic rings. The SMILES string of the molecule is COCCNc1cc(C(=O)NCCc2ccc(Cl)cc2Cl)ncn1. The number of anilines is 1. The molecule has 1 heterocycles. The Kier molecular flexibility index (Phi) is 7.24. The molecule has 0 saturated heterocycles. The summed E-state index contributed by atoms with van der Waals surface area (Å²) in [6, 6.07) is 6.90. The Hall–Kier alpha value is -1.89. The lowest BCUT2D eigenvalue weighted by Crippen LogP contribution is -2.26. The van der Waals surface area contributed by atoms with Gasteiger partial charge in [0, 0.05) is 36.3 Å². The number of rotatable bonds is 8. The van der Waals surface area contributed by atoms with Gasteiger partial charge in [-0.05, 0) is 24.1 Å². The van der Waals surface area contributed by atoms with Crippen LogP contribution in [0.15, 0.2) is 30.6 Å². The van der Waals surface area contributed by atoms with Crippen molar-refractivity contribution >= 4 is 34.9 Å². The average Bonchev–Trinajstić information content (AvgIpc) is 2.57. The van der Waals surface area contributed by atoms with E-state index in [-0.39, 0.29) is 5.91 Å². The molecule has 0 unspecified atom stereocenters. The highest BCUT2D eigenvalue weighted by atomic mass is 35.5. The number of aromatic nitrogens is 2. The fourth-order valence-electron chi connectivity index (χ4n) is 1.99. The van der Waals surface area contributed by atoms with E-state index in [1.807, 2.05) is 6.07 Å². The number of benzene rings is 1. The molecular formula is C16H18Cl2N4O2. The van der Waals surface area contributed by atoms with E-state index in [1.54, 1.807) is 25.3 Å². The van der Waals surface area contributed by atoms with Gasteiger partial charge in [0.25, 0.3) is 5.91 Å². The van der Waals surface area contributed by atoms with Crippen molar-refractivity contribution in [1.82, 2.24) is 15.3 Å². The summed E-state index contributed by atoms with van der Waals surface area (Å²) in [6.07, 6.45) is 1.95. The van der Waals surface area contributed by atoms with Crippen LogP contribution in [0.5, 0.6) is 0 Å². The highest BCUT2D eigenvalue weighted by Gasteiger charge is 2.09. The fraction of sp³-hybridized carbons (Fsp3) is 0.312. The second-order valence-electron chi connectivity index (χ2n) is 4.95. The van der Waals surface area contributed by atoms with Gasteiger partial charge in [0.2, 0.25) is 0 Å². The molecule has 0 aliphatic carbocycles. The number of amides is 1. The number of ether oxygens (including phenoxy) is 1. The van der Waals surface area contributed by atoms with Gasteiger partial charge in [-0.1, -0.05) is 29.3 Å². The highest BCUT2D eigenvalue weighted by Crippen LogP contribution is 2.21. The molecule has 2 N–H and O–H groups in total. The summed E-state index contributed by atoms with van der Waals surface area (Å²) in [5.74, 6) is 0.310. The number of halogens is 2. The third kappa shape index (κ3) is 5.63. The van der Waals surface area contributed by atoms with Crippen molar-refractivity contribution in [3.05, 3.63) is 51.9 Å². The topological polar surface area (TPSA) is 76.1 Å². The normalized spacial score (nSPS) is 10.5. The molecule has 128 valence electrons. The first-order valence-corrected chi connectivity index (χ1v) is 8.12. The Bertz CT molecular complexity index is 698. The Morgan fingerprint density at radius 2 is 2.04 bits per heavy atom. The first kappa shape index (κ1) is 18.4. The van der Waals surface area contributed by atoms with Gasteiger partial charge in [-0.15, -0.1) is 0 Å². The molecule has 0 fully saturated rings. The number of nitrogens with one attached hydrogen (secondary N) is 2. The van der Waals surface area contributed by atoms with E-state index in [4.69, 9.17) is 27.9 Å². The third-order valence-corrected chi connectivity index (χ3v) is 3.79. The lowest BCUT2D eigenvalue weighted by molar-refractivity contribution is 0.0949. The Balaban J connectivity index is 1.87. The number of hydrogen-bond acceptors (Lipinski definition) is 5. The minimum Gasteiger partial charge on any atom is -0.383 e. The summed E-state index contributed by atoms with van der Waals surface area (Å²) >= 11 is 12.0. The van der Waals surface area contributed by atoms with Crippen LogP contribution in [0.2, 0.25) is 10.0 Å². The van der Waals surface area contributed by atoms with Crippen LogP contribution in [0.4, 0.5) is 5.82 Å². The summed E-state index contributed by atoms with van der Waals surface area (Å²) in [4.78, 5) is 20.2. The molecule has 1 aromatic carbocycles. The maximum atomic E-state index is 12.1. The van der Waals surface area contributed by atoms with Gasteiger partial charge >= 0.3 is 0 Å². The van der Waals surface area contributed by atoms with Gasteiger partial charge in [-0.3, -0.25) is 4.79 Å². The zero-order valence-corrected chi connectivity index (χ0v) is 14.7. The van der Waals surface area contributed by atoms with Gasteiger partial charge in [0.05, 0.1) is 6.61 Å². The standard InChI is InChI=1S/C16H18Cl2N4O2/c1-24-7-6-19-15-9-14(21-10-22-15)16(23)20-5-4-11-2-3-12(17)8-13(11)18/h2-3,8-10H,4-7H2,1H3,(H,20,23)(H,19,21,22). The highest BCUT2D eigenvalue weighted by molar-refractivity contribution is 6.35.